The SMILES string of the molecule is CN(C(=O)[C@H](CCCCN)N(C(=O)OCc1ccccc1)C(=O)OCC1c2ccccc2-c2ccccc21)c1ccc(C(c2ccc(N(C)C(=O)[C@H](CCCCN)N(C(=O)OCc3ccccc3)C(=O)OCC3c4ccccc4-c4ccccc43)cc2)c2ccc(N(C)C(=O)[C@H](CCCCN)N(C(=O)OCc3ccccc3)C(=O)OCC3c4ccccc4-c4ccccc43)cc2)cc1. The maximum atomic E-state index is 15.7. The number of anilines is 3. The van der Waals surface area contributed by atoms with Gasteiger partial charge in [0.05, 0.1) is 0 Å². The summed E-state index contributed by atoms with van der Waals surface area (Å²) in [5.74, 6) is -3.72. The van der Waals surface area contributed by atoms with Gasteiger partial charge in [0.1, 0.15) is 57.8 Å². The van der Waals surface area contributed by atoms with Crippen molar-refractivity contribution in [1.82, 2.24) is 14.7 Å². The maximum Gasteiger partial charge on any atom is 0.420 e. The van der Waals surface area contributed by atoms with Gasteiger partial charge in [-0.1, -0.05) is 273 Å². The molecule has 0 spiro atoms. The fourth-order valence-electron chi connectivity index (χ4n) is 18.2. The molecular weight excluding hydrogens is 1680 g/mol. The maximum absolute atomic E-state index is 15.7. The number of hydrogen-bond donors (Lipinski definition) is 3. The number of nitrogens with zero attached hydrogens (tertiary/aromatic N) is 6. The third kappa shape index (κ3) is 21.3. The first kappa shape index (κ1) is 92.9. The molecule has 0 saturated carbocycles. The number of imide groups is 3. The highest BCUT2D eigenvalue weighted by molar-refractivity contribution is 6.05. The normalized spacial score (nSPS) is 12.8. The summed E-state index contributed by atoms with van der Waals surface area (Å²) in [4.78, 5) is 143. The Morgan fingerprint density at radius 2 is 0.459 bits per heavy atom. The lowest BCUT2D eigenvalue weighted by Gasteiger charge is -2.32. The molecule has 0 heterocycles. The first-order valence-electron chi connectivity index (χ1n) is 45.2. The highest BCUT2D eigenvalue weighted by atomic mass is 16.6. The fraction of sp³-hybridized carbons (Fsp3) is 0.257. The first-order valence-corrected chi connectivity index (χ1v) is 45.2. The number of carbonyl (C=O) groups is 9. The third-order valence-corrected chi connectivity index (χ3v) is 25.2. The van der Waals surface area contributed by atoms with E-state index in [1.165, 1.54) is 14.7 Å². The second-order valence-corrected chi connectivity index (χ2v) is 33.4. The Labute approximate surface area is 774 Å². The largest absolute Gasteiger partial charge is 0.448 e. The van der Waals surface area contributed by atoms with E-state index in [4.69, 9.17) is 45.6 Å². The lowest BCUT2D eigenvalue weighted by Crippen LogP contribution is -2.53. The van der Waals surface area contributed by atoms with Crippen LogP contribution in [0, 0.1) is 0 Å². The van der Waals surface area contributed by atoms with Crippen LogP contribution in [-0.4, -0.2) is 148 Å². The molecule has 133 heavy (non-hydrogen) atoms. The molecule has 15 rings (SSSR count). The minimum absolute atomic E-state index is 0.00113. The predicted octanol–water partition coefficient (Wildman–Crippen LogP) is 20.0. The molecule has 0 radical (unpaired) electrons. The number of rotatable bonds is 36. The summed E-state index contributed by atoms with van der Waals surface area (Å²) in [6, 6.07) is 91.4. The van der Waals surface area contributed by atoms with Crippen molar-refractivity contribution in [3.05, 3.63) is 376 Å². The number of hydrogen-bond acceptors (Lipinski definition) is 18. The molecule has 12 aromatic carbocycles. The zero-order valence-electron chi connectivity index (χ0n) is 74.8. The van der Waals surface area contributed by atoms with Gasteiger partial charge < -0.3 is 60.3 Å². The standard InChI is InChI=1S/C109H109N9O15/c1-113(101(119)97(49-25-28-64-110)116(104(122)128-67-73-31-7-4-8-32-73)107(125)131-70-94-88-43-19-13-37-82(88)83-38-14-20-44-89(83)94)79-58-52-76(53-59-79)100(77-54-60-80(61-55-77)114(2)102(120)98(50-26-29-65-111)117(105(123)129-68-74-33-9-5-10-34-74)108(126)132-71-95-90-45-21-15-39-84(90)85-40-16-22-46-91(85)95)78-56-62-81(63-57-78)115(3)103(121)99(51-27-30-66-112)118(106(124)130-69-75-35-11-6-12-36-75)109(127)133-72-96-92-47-23-17-41-86(92)87-42-18-24-48-93(87)96/h4-24,31-48,52-63,94-100H,25-30,49-51,64-72,110-112H2,1-3H3/t97-,98-,99-/m0/s1. The van der Waals surface area contributed by atoms with Crippen molar-refractivity contribution in [3.63, 3.8) is 0 Å². The minimum atomic E-state index is -1.45. The van der Waals surface area contributed by atoms with E-state index in [1.807, 2.05) is 200 Å². The van der Waals surface area contributed by atoms with Gasteiger partial charge >= 0.3 is 36.6 Å². The summed E-state index contributed by atoms with van der Waals surface area (Å²) in [6.07, 6.45) is -4.11. The van der Waals surface area contributed by atoms with E-state index in [1.54, 1.807) is 130 Å². The molecule has 680 valence electrons. The smallest absolute Gasteiger partial charge is 0.420 e. The van der Waals surface area contributed by atoms with Crippen LogP contribution in [0.15, 0.2) is 309 Å². The molecule has 3 aliphatic rings. The molecular formula is C109H109N9O15. The number of nitrogens with two attached hydrogens (primary N) is 3. The van der Waals surface area contributed by atoms with Gasteiger partial charge in [-0.15, -0.1) is 0 Å². The van der Waals surface area contributed by atoms with E-state index in [-0.39, 0.29) is 96.3 Å². The van der Waals surface area contributed by atoms with E-state index >= 15 is 28.8 Å². The molecule has 6 N–H and O–H groups in total. The number of benzene rings is 12. The molecule has 0 fully saturated rings. The Morgan fingerprint density at radius 1 is 0.256 bits per heavy atom. The van der Waals surface area contributed by atoms with Gasteiger partial charge in [-0.25, -0.2) is 28.8 Å². The van der Waals surface area contributed by atoms with Gasteiger partial charge in [0.25, 0.3) is 0 Å². The molecule has 3 aliphatic carbocycles. The Kier molecular flexibility index (Phi) is 30.8. The van der Waals surface area contributed by atoms with Gasteiger partial charge in [-0.2, -0.15) is 14.7 Å². The van der Waals surface area contributed by atoms with Crippen LogP contribution >= 0.6 is 0 Å². The van der Waals surface area contributed by atoms with Crippen LogP contribution in [0.5, 0.6) is 0 Å². The Bertz CT molecular complexity index is 5370. The van der Waals surface area contributed by atoms with Crippen molar-refractivity contribution in [3.8, 4) is 33.4 Å². The topological polar surface area (TPSA) is 307 Å². The van der Waals surface area contributed by atoms with Crippen molar-refractivity contribution in [1.29, 1.82) is 0 Å². The molecule has 0 bridgehead atoms. The summed E-state index contributed by atoms with van der Waals surface area (Å²) >= 11 is 0. The summed E-state index contributed by atoms with van der Waals surface area (Å²) < 4.78 is 36.3. The molecule has 12 aromatic rings. The average molecular weight is 1790 g/mol. The van der Waals surface area contributed by atoms with Gasteiger partial charge in [0, 0.05) is 61.9 Å². The van der Waals surface area contributed by atoms with Crippen LogP contribution in [0.1, 0.15) is 148 Å². The van der Waals surface area contributed by atoms with Crippen molar-refractivity contribution in [2.24, 2.45) is 17.2 Å². The van der Waals surface area contributed by atoms with Gasteiger partial charge in [-0.05, 0) is 214 Å². The fourth-order valence-corrected chi connectivity index (χ4v) is 18.2. The quantitative estimate of drug-likeness (QED) is 0.0187. The lowest BCUT2D eigenvalue weighted by molar-refractivity contribution is -0.123. The summed E-state index contributed by atoms with van der Waals surface area (Å²) in [6.45, 7) is -0.323. The lowest BCUT2D eigenvalue weighted by atomic mass is 9.85. The number of ether oxygens (including phenoxy) is 6. The minimum Gasteiger partial charge on any atom is -0.448 e. The predicted molar refractivity (Wildman–Crippen MR) is 511 cm³/mol. The van der Waals surface area contributed by atoms with Gasteiger partial charge in [0.2, 0.25) is 17.7 Å². The van der Waals surface area contributed by atoms with Crippen molar-refractivity contribution in [2.75, 3.05) is 75.3 Å². The van der Waals surface area contributed by atoms with Crippen LogP contribution in [-0.2, 0) is 62.6 Å². The van der Waals surface area contributed by atoms with Gasteiger partial charge in [0.15, 0.2) is 0 Å². The Hall–Kier alpha value is -14.9. The molecule has 24 nitrogen and oxygen atoms in total. The molecule has 9 amide bonds. The molecule has 0 aliphatic heterocycles. The number of unbranched alkanes of at least 4 members (excludes halogenated alkanes) is 3. The average Bonchev–Trinajstić information content (AvgIpc) is 1.73. The second kappa shape index (κ2) is 44.2. The van der Waals surface area contributed by atoms with Crippen LogP contribution in [0.2, 0.25) is 0 Å². The number of carbonyl (C=O) groups excluding carboxylic acids is 9. The molecule has 0 unspecified atom stereocenters. The zero-order valence-corrected chi connectivity index (χ0v) is 74.8. The third-order valence-electron chi connectivity index (χ3n) is 25.2. The Balaban J connectivity index is 0.752. The van der Waals surface area contributed by atoms with Crippen LogP contribution in [0.3, 0.4) is 0 Å². The first-order chi connectivity index (χ1) is 64.9. The monoisotopic (exact) mass is 1780 g/mol. The van der Waals surface area contributed by atoms with E-state index in [0.717, 1.165) is 81.5 Å². The van der Waals surface area contributed by atoms with Gasteiger partial charge in [-0.3, -0.25) is 14.4 Å². The second-order valence-electron chi connectivity index (χ2n) is 33.4. The van der Waals surface area contributed by atoms with Crippen LogP contribution < -0.4 is 31.9 Å². The zero-order chi connectivity index (χ0) is 92.9. The molecule has 0 aromatic heterocycles. The molecule has 3 atom stereocenters. The van der Waals surface area contributed by atoms with Crippen molar-refractivity contribution in [2.45, 2.75) is 119 Å². The summed E-state index contributed by atoms with van der Waals surface area (Å²) in [7, 11) is 4.68. The highest BCUT2D eigenvalue weighted by Gasteiger charge is 2.45. The van der Waals surface area contributed by atoms with Crippen LogP contribution in [0.4, 0.5) is 45.8 Å². The summed E-state index contributed by atoms with van der Waals surface area (Å²) in [5, 5.41) is 0. The molecule has 0 saturated heterocycles. The summed E-state index contributed by atoms with van der Waals surface area (Å²) in [5.41, 5.74) is 35.0. The van der Waals surface area contributed by atoms with E-state index < -0.39 is 78.3 Å². The highest BCUT2D eigenvalue weighted by Crippen LogP contribution is 2.48. The van der Waals surface area contributed by atoms with E-state index in [0.29, 0.717) is 89.0 Å². The van der Waals surface area contributed by atoms with E-state index in [9.17, 15) is 14.4 Å². The van der Waals surface area contributed by atoms with Crippen molar-refractivity contribution >= 4 is 71.3 Å². The number of amides is 9. The Morgan fingerprint density at radius 3 is 0.677 bits per heavy atom. The number of fused-ring (bicyclic) bond motifs is 9. The van der Waals surface area contributed by atoms with Crippen LogP contribution in [0.25, 0.3) is 33.4 Å². The molecule has 24 heteroatoms. The van der Waals surface area contributed by atoms with E-state index in [2.05, 4.69) is 0 Å². The number of likely N-dealkylation sites (N-methyl/N-ethyl adjacent to an activating group) is 3. The van der Waals surface area contributed by atoms with Crippen molar-refractivity contribution < 1.29 is 71.6 Å².